The minimum Gasteiger partial charge on any atom is -0.465 e. The molecule has 1 unspecified atom stereocenters. The van der Waals surface area contributed by atoms with Gasteiger partial charge in [0.05, 0.1) is 12.3 Å². The third-order valence-corrected chi connectivity index (χ3v) is 2.43. The highest BCUT2D eigenvalue weighted by Crippen LogP contribution is 2.22. The minimum atomic E-state index is -0.284. The van der Waals surface area contributed by atoms with Crippen LogP contribution in [0.1, 0.15) is 19.5 Å². The molecule has 0 spiro atoms. The summed E-state index contributed by atoms with van der Waals surface area (Å²) < 4.78 is 9.96. The van der Waals surface area contributed by atoms with Gasteiger partial charge in [-0.15, -0.1) is 0 Å². The maximum Gasteiger partial charge on any atom is 0.319 e. The molecule has 5 heteroatoms. The monoisotopic (exact) mass is 215 g/mol. The van der Waals surface area contributed by atoms with Crippen LogP contribution in [0.15, 0.2) is 15.9 Å². The smallest absolute Gasteiger partial charge is 0.319 e. The summed E-state index contributed by atoms with van der Waals surface area (Å²) >= 11 is 1.26. The van der Waals surface area contributed by atoms with Crippen molar-refractivity contribution >= 4 is 17.7 Å². The van der Waals surface area contributed by atoms with Crippen molar-refractivity contribution in [3.63, 3.8) is 0 Å². The molecule has 0 amide bonds. The first-order chi connectivity index (χ1) is 6.63. The molecule has 0 aliphatic rings. The number of oxazole rings is 1. The van der Waals surface area contributed by atoms with Crippen LogP contribution in [0.4, 0.5) is 0 Å². The quantitative estimate of drug-likeness (QED) is 0.568. The Bertz CT molecular complexity index is 311. The third-order valence-electron chi connectivity index (χ3n) is 1.49. The lowest BCUT2D eigenvalue weighted by atomic mass is 10.5. The van der Waals surface area contributed by atoms with Gasteiger partial charge in [0.1, 0.15) is 11.5 Å². The van der Waals surface area contributed by atoms with Gasteiger partial charge in [0.2, 0.25) is 0 Å². The summed E-state index contributed by atoms with van der Waals surface area (Å²) in [6, 6.07) is 0. The van der Waals surface area contributed by atoms with Gasteiger partial charge in [0.15, 0.2) is 0 Å². The highest BCUT2D eigenvalue weighted by molar-refractivity contribution is 8.00. The molecule has 1 aromatic rings. The molecule has 14 heavy (non-hydrogen) atoms. The van der Waals surface area contributed by atoms with Crippen molar-refractivity contribution in [2.75, 3.05) is 6.61 Å². The van der Waals surface area contributed by atoms with Gasteiger partial charge in [-0.3, -0.25) is 4.79 Å². The van der Waals surface area contributed by atoms with Crippen molar-refractivity contribution in [2.45, 2.75) is 31.2 Å². The van der Waals surface area contributed by atoms with E-state index in [2.05, 4.69) is 4.98 Å². The Labute approximate surface area is 87.0 Å². The molecule has 4 nitrogen and oxygen atoms in total. The molecule has 0 saturated heterocycles. The minimum absolute atomic E-state index is 0.242. The summed E-state index contributed by atoms with van der Waals surface area (Å²) in [5.41, 5.74) is 0.809. The third kappa shape index (κ3) is 3.06. The Morgan fingerprint density at radius 1 is 1.79 bits per heavy atom. The average Bonchev–Trinajstić information content (AvgIpc) is 2.51. The van der Waals surface area contributed by atoms with E-state index in [1.807, 2.05) is 6.92 Å². The number of carbonyl (C=O) groups excluding carboxylic acids is 1. The van der Waals surface area contributed by atoms with Gasteiger partial charge >= 0.3 is 5.97 Å². The van der Waals surface area contributed by atoms with E-state index in [-0.39, 0.29) is 11.2 Å². The standard InChI is InChI=1S/C9H13NO3S/c1-4-12-8(11)7(3)14-9-10-6(2)5-13-9/h5,7H,4H2,1-3H3. The van der Waals surface area contributed by atoms with Gasteiger partial charge in [-0.05, 0) is 20.8 Å². The Morgan fingerprint density at radius 2 is 2.50 bits per heavy atom. The maximum absolute atomic E-state index is 11.2. The van der Waals surface area contributed by atoms with E-state index >= 15 is 0 Å². The number of hydrogen-bond acceptors (Lipinski definition) is 5. The summed E-state index contributed by atoms with van der Waals surface area (Å²) in [5.74, 6) is -0.242. The van der Waals surface area contributed by atoms with Crippen LogP contribution in [-0.2, 0) is 9.53 Å². The summed E-state index contributed by atoms with van der Waals surface area (Å²) in [6.07, 6.45) is 1.56. The van der Waals surface area contributed by atoms with E-state index in [0.717, 1.165) is 5.69 Å². The predicted molar refractivity (Wildman–Crippen MR) is 53.2 cm³/mol. The van der Waals surface area contributed by atoms with Crippen molar-refractivity contribution in [2.24, 2.45) is 0 Å². The number of nitrogens with zero attached hydrogens (tertiary/aromatic N) is 1. The van der Waals surface area contributed by atoms with Crippen LogP contribution in [0, 0.1) is 6.92 Å². The summed E-state index contributed by atoms with van der Waals surface area (Å²) in [6.45, 7) is 5.78. The molecule has 1 atom stereocenters. The van der Waals surface area contributed by atoms with Crippen LogP contribution < -0.4 is 0 Å². The van der Waals surface area contributed by atoms with Crippen LogP contribution in [0.2, 0.25) is 0 Å². The van der Waals surface area contributed by atoms with E-state index in [4.69, 9.17) is 9.15 Å². The van der Waals surface area contributed by atoms with Crippen LogP contribution >= 0.6 is 11.8 Å². The lowest BCUT2D eigenvalue weighted by Crippen LogP contribution is -2.16. The Morgan fingerprint density at radius 3 is 3.00 bits per heavy atom. The first-order valence-electron chi connectivity index (χ1n) is 4.39. The predicted octanol–water partition coefficient (Wildman–Crippen LogP) is 2.03. The highest BCUT2D eigenvalue weighted by Gasteiger charge is 2.17. The molecular formula is C9H13NO3S. The van der Waals surface area contributed by atoms with Gasteiger partial charge < -0.3 is 9.15 Å². The van der Waals surface area contributed by atoms with Crippen molar-refractivity contribution in [1.29, 1.82) is 0 Å². The largest absolute Gasteiger partial charge is 0.465 e. The molecule has 0 bridgehead atoms. The lowest BCUT2D eigenvalue weighted by molar-refractivity contribution is -0.142. The fourth-order valence-electron chi connectivity index (χ4n) is 0.845. The summed E-state index contributed by atoms with van der Waals surface area (Å²) in [7, 11) is 0. The number of ether oxygens (including phenoxy) is 1. The SMILES string of the molecule is CCOC(=O)C(C)Sc1nc(C)co1. The molecule has 1 rings (SSSR count). The van der Waals surface area contributed by atoms with E-state index in [1.54, 1.807) is 20.1 Å². The van der Waals surface area contributed by atoms with Crippen molar-refractivity contribution in [3.8, 4) is 0 Å². The normalized spacial score (nSPS) is 12.5. The first-order valence-corrected chi connectivity index (χ1v) is 5.27. The Balaban J connectivity index is 2.48. The maximum atomic E-state index is 11.2. The van der Waals surface area contributed by atoms with Crippen LogP contribution in [0.5, 0.6) is 0 Å². The molecule has 0 fully saturated rings. The van der Waals surface area contributed by atoms with Gasteiger partial charge in [-0.2, -0.15) is 0 Å². The van der Waals surface area contributed by atoms with E-state index in [1.165, 1.54) is 11.8 Å². The topological polar surface area (TPSA) is 52.3 Å². The second kappa shape index (κ2) is 5.05. The van der Waals surface area contributed by atoms with Gasteiger partial charge in [-0.1, -0.05) is 11.8 Å². The molecule has 1 aromatic heterocycles. The zero-order valence-electron chi connectivity index (χ0n) is 8.44. The molecule has 0 saturated carbocycles. The van der Waals surface area contributed by atoms with Gasteiger partial charge in [0.25, 0.3) is 5.22 Å². The second-order valence-corrected chi connectivity index (χ2v) is 4.06. The number of aryl methyl sites for hydroxylation is 1. The average molecular weight is 215 g/mol. The molecule has 0 radical (unpaired) electrons. The number of hydrogen-bond donors (Lipinski definition) is 0. The number of aromatic nitrogens is 1. The van der Waals surface area contributed by atoms with Gasteiger partial charge in [-0.25, -0.2) is 4.98 Å². The number of rotatable bonds is 4. The van der Waals surface area contributed by atoms with Crippen LogP contribution in [-0.4, -0.2) is 22.8 Å². The highest BCUT2D eigenvalue weighted by atomic mass is 32.2. The van der Waals surface area contributed by atoms with Crippen molar-refractivity contribution in [1.82, 2.24) is 4.98 Å². The molecule has 0 aromatic carbocycles. The zero-order chi connectivity index (χ0) is 10.6. The number of thioether (sulfide) groups is 1. The molecular weight excluding hydrogens is 202 g/mol. The zero-order valence-corrected chi connectivity index (χ0v) is 9.26. The molecule has 1 heterocycles. The summed E-state index contributed by atoms with van der Waals surface area (Å²) in [4.78, 5) is 15.3. The van der Waals surface area contributed by atoms with E-state index < -0.39 is 0 Å². The fraction of sp³-hybridized carbons (Fsp3) is 0.556. The molecule has 78 valence electrons. The molecule has 0 aliphatic carbocycles. The Kier molecular flexibility index (Phi) is 4.00. The molecule has 0 aliphatic heterocycles. The number of esters is 1. The van der Waals surface area contributed by atoms with Crippen LogP contribution in [0.3, 0.4) is 0 Å². The molecule has 0 N–H and O–H groups in total. The fourth-order valence-corrected chi connectivity index (χ4v) is 1.61. The van der Waals surface area contributed by atoms with Gasteiger partial charge in [0, 0.05) is 0 Å². The lowest BCUT2D eigenvalue weighted by Gasteiger charge is -2.06. The van der Waals surface area contributed by atoms with E-state index in [0.29, 0.717) is 11.8 Å². The second-order valence-electron chi connectivity index (χ2n) is 2.77. The Hall–Kier alpha value is -0.970. The van der Waals surface area contributed by atoms with Crippen LogP contribution in [0.25, 0.3) is 0 Å². The van der Waals surface area contributed by atoms with Crippen molar-refractivity contribution < 1.29 is 13.9 Å². The number of carbonyl (C=O) groups is 1. The van der Waals surface area contributed by atoms with Crippen molar-refractivity contribution in [3.05, 3.63) is 12.0 Å². The van der Waals surface area contributed by atoms with E-state index in [9.17, 15) is 4.79 Å². The summed E-state index contributed by atoms with van der Waals surface area (Å²) in [5, 5.41) is 0.219. The first kappa shape index (κ1) is 11.1.